The molecule has 3 heterocycles. The number of anilines is 1. The number of alkyl halides is 3. The van der Waals surface area contributed by atoms with Crippen molar-refractivity contribution in [2.24, 2.45) is 0 Å². The first kappa shape index (κ1) is 21.6. The highest BCUT2D eigenvalue weighted by atomic mass is 32.1. The predicted molar refractivity (Wildman–Crippen MR) is 110 cm³/mol. The smallest absolute Gasteiger partial charge is 0.344 e. The van der Waals surface area contributed by atoms with Crippen molar-refractivity contribution in [3.63, 3.8) is 0 Å². The van der Waals surface area contributed by atoms with E-state index in [-0.39, 0.29) is 15.7 Å². The van der Waals surface area contributed by atoms with Crippen LogP contribution in [0, 0.1) is 10.1 Å². The van der Waals surface area contributed by atoms with Crippen molar-refractivity contribution >= 4 is 38.1 Å². The molecule has 0 bridgehead atoms. The largest absolute Gasteiger partial charge is 0.416 e. The number of nitro benzene ring substituents is 1. The molecule has 0 spiro atoms. The third-order valence-electron chi connectivity index (χ3n) is 4.94. The van der Waals surface area contributed by atoms with Gasteiger partial charge in [-0.1, -0.05) is 17.4 Å². The minimum atomic E-state index is -4.84. The molecule has 4 rings (SSSR count). The Morgan fingerprint density at radius 2 is 1.88 bits per heavy atom. The normalized spacial score (nSPS) is 14.6. The van der Waals surface area contributed by atoms with Crippen LogP contribution in [0.5, 0.6) is 0 Å². The Balaban J connectivity index is 1.63. The number of nitro groups is 1. The van der Waals surface area contributed by atoms with Gasteiger partial charge in [0.2, 0.25) is 0 Å². The third-order valence-corrected chi connectivity index (χ3v) is 6.10. The summed E-state index contributed by atoms with van der Waals surface area (Å²) in [4.78, 5) is 46.6. The van der Waals surface area contributed by atoms with E-state index in [0.717, 1.165) is 11.3 Å². The molecule has 2 aromatic heterocycles. The number of fused-ring (bicyclic) bond motifs is 1. The van der Waals surface area contributed by atoms with Gasteiger partial charge in [0.05, 0.1) is 15.9 Å². The fourth-order valence-corrected chi connectivity index (χ4v) is 4.44. The number of aromatic nitrogens is 2. The maximum Gasteiger partial charge on any atom is 0.416 e. The second-order valence-corrected chi connectivity index (χ2v) is 7.90. The second kappa shape index (κ2) is 8.15. The van der Waals surface area contributed by atoms with E-state index in [2.05, 4.69) is 9.97 Å². The average Bonchev–Trinajstić information content (AvgIpc) is 2.78. The van der Waals surface area contributed by atoms with Gasteiger partial charge in [0, 0.05) is 38.4 Å². The molecule has 0 saturated carbocycles. The summed E-state index contributed by atoms with van der Waals surface area (Å²) in [6, 6.07) is 6.00. The van der Waals surface area contributed by atoms with Crippen LogP contribution in [-0.2, 0) is 6.18 Å². The highest BCUT2D eigenvalue weighted by Crippen LogP contribution is 2.38. The Hall–Kier alpha value is -3.61. The zero-order valence-corrected chi connectivity index (χ0v) is 17.0. The van der Waals surface area contributed by atoms with Gasteiger partial charge in [-0.2, -0.15) is 18.2 Å². The van der Waals surface area contributed by atoms with Crippen LogP contribution in [0.2, 0.25) is 0 Å². The van der Waals surface area contributed by atoms with Crippen molar-refractivity contribution in [1.29, 1.82) is 0 Å². The Labute approximate surface area is 181 Å². The quantitative estimate of drug-likeness (QED) is 0.432. The number of rotatable bonds is 3. The molecule has 13 heteroatoms. The second-order valence-electron chi connectivity index (χ2n) is 6.92. The average molecular weight is 465 g/mol. The molecule has 1 saturated heterocycles. The number of carbonyl (C=O) groups is 1. The Morgan fingerprint density at radius 3 is 2.47 bits per heavy atom. The fraction of sp³-hybridized carbons (Fsp3) is 0.263. The van der Waals surface area contributed by atoms with Gasteiger partial charge in [0.1, 0.15) is 10.4 Å². The number of benzene rings is 1. The summed E-state index contributed by atoms with van der Waals surface area (Å²) in [5.74, 6) is -0.250. The first-order valence-electron chi connectivity index (χ1n) is 9.31. The Bertz CT molecular complexity index is 1260. The van der Waals surface area contributed by atoms with Crippen molar-refractivity contribution in [2.45, 2.75) is 6.18 Å². The number of non-ortho nitro benzene ring substituents is 1. The number of halogens is 3. The minimum absolute atomic E-state index is 0.148. The lowest BCUT2D eigenvalue weighted by Crippen LogP contribution is -2.49. The first-order chi connectivity index (χ1) is 15.1. The van der Waals surface area contributed by atoms with E-state index in [1.807, 2.05) is 0 Å². The molecule has 0 aliphatic carbocycles. The van der Waals surface area contributed by atoms with Gasteiger partial charge in [-0.15, -0.1) is 0 Å². The number of nitrogens with zero attached hydrogens (tertiary/aromatic N) is 5. The summed E-state index contributed by atoms with van der Waals surface area (Å²) in [6.45, 7) is 1.18. The van der Waals surface area contributed by atoms with E-state index >= 15 is 0 Å². The zero-order valence-electron chi connectivity index (χ0n) is 16.2. The number of hydrogen-bond acceptors (Lipinski definition) is 8. The summed E-state index contributed by atoms with van der Waals surface area (Å²) in [5.41, 5.74) is -2.76. The van der Waals surface area contributed by atoms with Crippen molar-refractivity contribution in [2.75, 3.05) is 31.1 Å². The van der Waals surface area contributed by atoms with Crippen LogP contribution in [0.15, 0.2) is 41.3 Å². The SMILES string of the molecule is O=C(c1ccccn1)N1CCN(c2nc(=O)c3cc(C(F)(F)F)cc([N+](=O)[O-])c3s2)CC1. The maximum absolute atomic E-state index is 13.1. The van der Waals surface area contributed by atoms with Crippen LogP contribution in [-0.4, -0.2) is 51.9 Å². The number of piperazine rings is 1. The maximum atomic E-state index is 13.1. The molecule has 9 nitrogen and oxygen atoms in total. The van der Waals surface area contributed by atoms with E-state index in [0.29, 0.717) is 44.0 Å². The summed E-state index contributed by atoms with van der Waals surface area (Å²) in [5, 5.41) is 11.1. The number of amides is 1. The van der Waals surface area contributed by atoms with Crippen LogP contribution in [0.4, 0.5) is 24.0 Å². The van der Waals surface area contributed by atoms with E-state index < -0.39 is 33.3 Å². The molecule has 0 atom stereocenters. The monoisotopic (exact) mass is 465 g/mol. The van der Waals surface area contributed by atoms with Crippen LogP contribution in [0.1, 0.15) is 16.1 Å². The molecule has 3 aromatic rings. The van der Waals surface area contributed by atoms with Gasteiger partial charge in [-0.3, -0.25) is 24.7 Å². The molecule has 1 fully saturated rings. The van der Waals surface area contributed by atoms with Crippen LogP contribution < -0.4 is 10.5 Å². The number of hydrogen-bond donors (Lipinski definition) is 0. The lowest BCUT2D eigenvalue weighted by atomic mass is 10.1. The molecular formula is C19H14F3N5O4S. The summed E-state index contributed by atoms with van der Waals surface area (Å²) >= 11 is 0.778. The standard InChI is InChI=1S/C19H14F3N5O4S/c20-19(21,22)11-9-12-15(14(10-11)27(30)31)32-18(24-16(12)28)26-7-5-25(6-8-26)17(29)13-3-1-2-4-23-13/h1-4,9-10H,5-8H2. The van der Waals surface area contributed by atoms with Crippen molar-refractivity contribution in [3.8, 4) is 0 Å². The van der Waals surface area contributed by atoms with E-state index in [4.69, 9.17) is 0 Å². The molecular weight excluding hydrogens is 451 g/mol. The summed E-state index contributed by atoms with van der Waals surface area (Å²) in [7, 11) is 0. The number of carbonyl (C=O) groups excluding carboxylic acids is 1. The third kappa shape index (κ3) is 4.10. The number of pyridine rings is 1. The van der Waals surface area contributed by atoms with Crippen molar-refractivity contribution in [1.82, 2.24) is 14.9 Å². The van der Waals surface area contributed by atoms with Crippen molar-refractivity contribution in [3.05, 3.63) is 68.3 Å². The van der Waals surface area contributed by atoms with Gasteiger partial charge < -0.3 is 9.80 Å². The molecule has 0 N–H and O–H groups in total. The summed E-state index contributed by atoms with van der Waals surface area (Å²) < 4.78 is 39.1. The summed E-state index contributed by atoms with van der Waals surface area (Å²) in [6.07, 6.45) is -3.33. The molecule has 0 radical (unpaired) electrons. The van der Waals surface area contributed by atoms with Crippen LogP contribution in [0.25, 0.3) is 10.1 Å². The molecule has 1 aliphatic rings. The van der Waals surface area contributed by atoms with E-state index in [9.17, 15) is 32.9 Å². The zero-order chi connectivity index (χ0) is 23.0. The van der Waals surface area contributed by atoms with Gasteiger partial charge in [0.25, 0.3) is 17.2 Å². The van der Waals surface area contributed by atoms with E-state index in [1.54, 1.807) is 28.0 Å². The van der Waals surface area contributed by atoms with Gasteiger partial charge in [0.15, 0.2) is 5.13 Å². The minimum Gasteiger partial charge on any atom is -0.344 e. The first-order valence-corrected chi connectivity index (χ1v) is 10.1. The van der Waals surface area contributed by atoms with Crippen molar-refractivity contribution < 1.29 is 22.9 Å². The fourth-order valence-electron chi connectivity index (χ4n) is 3.33. The Morgan fingerprint density at radius 1 is 1.16 bits per heavy atom. The molecule has 1 aromatic carbocycles. The lowest BCUT2D eigenvalue weighted by molar-refractivity contribution is -0.383. The van der Waals surface area contributed by atoms with Gasteiger partial charge in [-0.25, -0.2) is 0 Å². The van der Waals surface area contributed by atoms with Gasteiger partial charge >= 0.3 is 6.18 Å². The van der Waals surface area contributed by atoms with E-state index in [1.165, 1.54) is 6.20 Å². The highest BCUT2D eigenvalue weighted by Gasteiger charge is 2.34. The molecule has 166 valence electrons. The Kier molecular flexibility index (Phi) is 5.50. The van der Waals surface area contributed by atoms with Crippen LogP contribution in [0.3, 0.4) is 0 Å². The molecule has 32 heavy (non-hydrogen) atoms. The lowest BCUT2D eigenvalue weighted by Gasteiger charge is -2.34. The topological polar surface area (TPSA) is 110 Å². The molecule has 0 unspecified atom stereocenters. The van der Waals surface area contributed by atoms with Gasteiger partial charge in [-0.05, 0) is 18.2 Å². The van der Waals surface area contributed by atoms with Crippen LogP contribution >= 0.6 is 11.3 Å². The molecule has 1 aliphatic heterocycles. The highest BCUT2D eigenvalue weighted by molar-refractivity contribution is 7.22. The molecule has 1 amide bonds. The predicted octanol–water partition coefficient (Wildman–Crippen LogP) is 2.94.